The first-order chi connectivity index (χ1) is 6.72. The summed E-state index contributed by atoms with van der Waals surface area (Å²) in [4.78, 5) is 12.4. The van der Waals surface area contributed by atoms with E-state index in [1.54, 1.807) is 23.2 Å². The van der Waals surface area contributed by atoms with Crippen LogP contribution in [0, 0.1) is 0 Å². The van der Waals surface area contributed by atoms with E-state index in [2.05, 4.69) is 0 Å². The quantitative estimate of drug-likeness (QED) is 0.412. The van der Waals surface area contributed by atoms with Gasteiger partial charge in [-0.2, -0.15) is 0 Å². The van der Waals surface area contributed by atoms with Gasteiger partial charge in [0.15, 0.2) is 12.0 Å². The number of aldehydes is 1. The molecule has 1 aromatic rings. The molecular formula is C11H13NO2. The summed E-state index contributed by atoms with van der Waals surface area (Å²) in [6.07, 6.45) is 2.31. The van der Waals surface area contributed by atoms with Gasteiger partial charge in [-0.1, -0.05) is 18.2 Å². The van der Waals surface area contributed by atoms with Gasteiger partial charge in [-0.15, -0.1) is 0 Å². The Bertz CT molecular complexity index is 317. The topological polar surface area (TPSA) is 29.5 Å². The molecule has 0 unspecified atom stereocenters. The van der Waals surface area contributed by atoms with Gasteiger partial charge in [0.25, 0.3) is 0 Å². The van der Waals surface area contributed by atoms with Gasteiger partial charge in [0.1, 0.15) is 5.75 Å². The average molecular weight is 191 g/mol. The first-order valence-corrected chi connectivity index (χ1v) is 4.28. The molecule has 0 aliphatic carbocycles. The predicted octanol–water partition coefficient (Wildman–Crippen LogP) is 1.67. The van der Waals surface area contributed by atoms with E-state index in [-0.39, 0.29) is 0 Å². The molecule has 0 heterocycles. The van der Waals surface area contributed by atoms with Crippen molar-refractivity contribution in [3.8, 4) is 5.75 Å². The fourth-order valence-corrected chi connectivity index (χ4v) is 0.960. The van der Waals surface area contributed by atoms with E-state index in [9.17, 15) is 4.79 Å². The number of carbonyl (C=O) groups excluding carboxylic acids is 1. The molecule has 1 rings (SSSR count). The fraction of sp³-hybridized carbons (Fsp3) is 0.182. The summed E-state index contributed by atoms with van der Waals surface area (Å²) in [6, 6.07) is 9.20. The van der Waals surface area contributed by atoms with Gasteiger partial charge in [-0.25, -0.2) is 0 Å². The maximum absolute atomic E-state index is 10.6. The van der Waals surface area contributed by atoms with Crippen LogP contribution >= 0.6 is 0 Å². The average Bonchev–Trinajstić information content (AvgIpc) is 2.17. The molecule has 0 radical (unpaired) electrons. The number of ether oxygens (including phenoxy) is 1. The molecule has 0 bridgehead atoms. The summed E-state index contributed by atoms with van der Waals surface area (Å²) in [5, 5.41) is 0. The summed E-state index contributed by atoms with van der Waals surface area (Å²) in [5.41, 5.74) is 0. The van der Waals surface area contributed by atoms with Crippen LogP contribution in [-0.2, 0) is 4.79 Å². The minimum atomic E-state index is 0.293. The van der Waals surface area contributed by atoms with E-state index in [0.29, 0.717) is 17.8 Å². The Morgan fingerprint density at radius 3 is 2.43 bits per heavy atom. The second-order valence-corrected chi connectivity index (χ2v) is 3.03. The van der Waals surface area contributed by atoms with Gasteiger partial charge >= 0.3 is 0 Å². The third-order valence-electron chi connectivity index (χ3n) is 1.48. The smallest absolute Gasteiger partial charge is 0.186 e. The van der Waals surface area contributed by atoms with Crippen molar-refractivity contribution in [2.45, 2.75) is 0 Å². The molecule has 0 amide bonds. The monoisotopic (exact) mass is 191 g/mol. The van der Waals surface area contributed by atoms with Crippen molar-refractivity contribution in [1.82, 2.24) is 4.90 Å². The number of hydrogen-bond acceptors (Lipinski definition) is 3. The second kappa shape index (κ2) is 5.07. The number of benzene rings is 1. The van der Waals surface area contributed by atoms with Crippen molar-refractivity contribution in [3.05, 3.63) is 42.3 Å². The van der Waals surface area contributed by atoms with Crippen LogP contribution in [0.4, 0.5) is 0 Å². The fourth-order valence-electron chi connectivity index (χ4n) is 0.960. The molecule has 0 spiro atoms. The van der Waals surface area contributed by atoms with Crippen LogP contribution < -0.4 is 4.74 Å². The molecule has 14 heavy (non-hydrogen) atoms. The minimum Gasteiger partial charge on any atom is -0.452 e. The van der Waals surface area contributed by atoms with Crippen molar-refractivity contribution in [2.24, 2.45) is 0 Å². The highest BCUT2D eigenvalue weighted by Gasteiger charge is 1.98. The van der Waals surface area contributed by atoms with Gasteiger partial charge in [0.05, 0.1) is 0 Å². The van der Waals surface area contributed by atoms with E-state index in [1.165, 1.54) is 0 Å². The third-order valence-corrected chi connectivity index (χ3v) is 1.48. The SMILES string of the molecule is CN(C)C=C(C=O)Oc1ccccc1. The van der Waals surface area contributed by atoms with Crippen molar-refractivity contribution in [3.63, 3.8) is 0 Å². The summed E-state index contributed by atoms with van der Waals surface area (Å²) in [7, 11) is 3.66. The number of carbonyl (C=O) groups is 1. The van der Waals surface area contributed by atoms with Crippen molar-refractivity contribution in [1.29, 1.82) is 0 Å². The summed E-state index contributed by atoms with van der Waals surface area (Å²) in [5.74, 6) is 0.953. The molecule has 0 aliphatic rings. The molecule has 1 aromatic carbocycles. The summed E-state index contributed by atoms with van der Waals surface area (Å²) < 4.78 is 5.33. The van der Waals surface area contributed by atoms with E-state index < -0.39 is 0 Å². The molecule has 0 fully saturated rings. The Kier molecular flexibility index (Phi) is 3.73. The van der Waals surface area contributed by atoms with Crippen LogP contribution in [0.3, 0.4) is 0 Å². The minimum absolute atomic E-state index is 0.293. The molecule has 0 aliphatic heterocycles. The van der Waals surface area contributed by atoms with Crippen molar-refractivity contribution < 1.29 is 9.53 Å². The highest BCUT2D eigenvalue weighted by molar-refractivity contribution is 5.70. The Balaban J connectivity index is 2.71. The number of para-hydroxylation sites is 1. The predicted molar refractivity (Wildman–Crippen MR) is 54.9 cm³/mol. The lowest BCUT2D eigenvalue weighted by Gasteiger charge is -2.08. The Labute approximate surface area is 83.6 Å². The Hall–Kier alpha value is -1.77. The Morgan fingerprint density at radius 2 is 1.93 bits per heavy atom. The zero-order valence-corrected chi connectivity index (χ0v) is 8.31. The van der Waals surface area contributed by atoms with Crippen LogP contribution in [-0.4, -0.2) is 25.3 Å². The molecule has 0 N–H and O–H groups in total. The number of allylic oxidation sites excluding steroid dienone is 1. The summed E-state index contributed by atoms with van der Waals surface area (Å²) >= 11 is 0. The van der Waals surface area contributed by atoms with Gasteiger partial charge in [-0.05, 0) is 12.1 Å². The number of rotatable bonds is 4. The van der Waals surface area contributed by atoms with Crippen LogP contribution in [0.1, 0.15) is 0 Å². The van der Waals surface area contributed by atoms with Crippen LogP contribution in [0.25, 0.3) is 0 Å². The van der Waals surface area contributed by atoms with E-state index in [1.807, 2.05) is 32.3 Å². The third kappa shape index (κ3) is 3.31. The molecule has 0 atom stereocenters. The van der Waals surface area contributed by atoms with Gasteiger partial charge < -0.3 is 9.64 Å². The number of nitrogens with zero attached hydrogens (tertiary/aromatic N) is 1. The maximum atomic E-state index is 10.6. The van der Waals surface area contributed by atoms with Crippen molar-refractivity contribution >= 4 is 6.29 Å². The Morgan fingerprint density at radius 1 is 1.29 bits per heavy atom. The summed E-state index contributed by atoms with van der Waals surface area (Å²) in [6.45, 7) is 0. The van der Waals surface area contributed by atoms with Gasteiger partial charge in [-0.3, -0.25) is 4.79 Å². The molecule has 3 nitrogen and oxygen atoms in total. The number of hydrogen-bond donors (Lipinski definition) is 0. The van der Waals surface area contributed by atoms with Crippen LogP contribution in [0.2, 0.25) is 0 Å². The molecule has 3 heteroatoms. The van der Waals surface area contributed by atoms with Crippen LogP contribution in [0.15, 0.2) is 42.3 Å². The molecular weight excluding hydrogens is 178 g/mol. The molecule has 0 saturated heterocycles. The molecule has 0 aromatic heterocycles. The highest BCUT2D eigenvalue weighted by atomic mass is 16.5. The zero-order chi connectivity index (χ0) is 10.4. The lowest BCUT2D eigenvalue weighted by atomic mass is 10.3. The van der Waals surface area contributed by atoms with E-state index in [0.717, 1.165) is 0 Å². The maximum Gasteiger partial charge on any atom is 0.186 e. The zero-order valence-electron chi connectivity index (χ0n) is 8.31. The largest absolute Gasteiger partial charge is 0.452 e. The van der Waals surface area contributed by atoms with Gasteiger partial charge in [0, 0.05) is 20.3 Å². The normalized spacial score (nSPS) is 10.9. The van der Waals surface area contributed by atoms with Crippen molar-refractivity contribution in [2.75, 3.05) is 14.1 Å². The lowest BCUT2D eigenvalue weighted by molar-refractivity contribution is -0.106. The highest BCUT2D eigenvalue weighted by Crippen LogP contribution is 2.11. The lowest BCUT2D eigenvalue weighted by Crippen LogP contribution is -2.07. The standard InChI is InChI=1S/C11H13NO2/c1-12(2)8-11(9-13)14-10-6-4-3-5-7-10/h3-9H,1-2H3. The van der Waals surface area contributed by atoms with E-state index >= 15 is 0 Å². The first-order valence-electron chi connectivity index (χ1n) is 4.28. The molecule has 74 valence electrons. The molecule has 0 saturated carbocycles. The first kappa shape index (κ1) is 10.3. The van der Waals surface area contributed by atoms with E-state index in [4.69, 9.17) is 4.74 Å². The van der Waals surface area contributed by atoms with Gasteiger partial charge in [0.2, 0.25) is 0 Å². The van der Waals surface area contributed by atoms with Crippen LogP contribution in [0.5, 0.6) is 5.75 Å². The second-order valence-electron chi connectivity index (χ2n) is 3.03.